The van der Waals surface area contributed by atoms with Crippen LogP contribution in [0.5, 0.6) is 0 Å². The first-order valence-electron chi connectivity index (χ1n) is 5.38. The van der Waals surface area contributed by atoms with Crippen LogP contribution in [0.3, 0.4) is 0 Å². The van der Waals surface area contributed by atoms with Crippen molar-refractivity contribution in [3.8, 4) is 0 Å². The van der Waals surface area contributed by atoms with Gasteiger partial charge in [0.05, 0.1) is 10.7 Å². The van der Waals surface area contributed by atoms with E-state index in [1.165, 1.54) is 0 Å². The van der Waals surface area contributed by atoms with E-state index in [-0.39, 0.29) is 6.03 Å². The van der Waals surface area contributed by atoms with Gasteiger partial charge in [-0.1, -0.05) is 27.5 Å². The topological polar surface area (TPSA) is 44.4 Å². The van der Waals surface area contributed by atoms with Gasteiger partial charge in [-0.3, -0.25) is 0 Å². The van der Waals surface area contributed by atoms with E-state index in [1.54, 1.807) is 17.0 Å². The smallest absolute Gasteiger partial charge is 0.321 e. The summed E-state index contributed by atoms with van der Waals surface area (Å²) in [6.45, 7) is 3.11. The zero-order valence-corrected chi connectivity index (χ0v) is 11.5. The Labute approximate surface area is 113 Å². The van der Waals surface area contributed by atoms with Crippen molar-refractivity contribution in [1.29, 1.82) is 0 Å². The number of piperazine rings is 1. The van der Waals surface area contributed by atoms with Crippen LogP contribution in [0.1, 0.15) is 0 Å². The van der Waals surface area contributed by atoms with Crippen molar-refractivity contribution >= 4 is 39.2 Å². The van der Waals surface area contributed by atoms with Crippen LogP contribution < -0.4 is 10.6 Å². The summed E-state index contributed by atoms with van der Waals surface area (Å²) in [6.07, 6.45) is 0. The molecule has 0 radical (unpaired) electrons. The predicted molar refractivity (Wildman–Crippen MR) is 72.6 cm³/mol. The molecule has 92 valence electrons. The molecule has 0 aliphatic carbocycles. The zero-order valence-electron chi connectivity index (χ0n) is 9.17. The number of nitrogens with one attached hydrogen (secondary N) is 2. The van der Waals surface area contributed by atoms with Crippen LogP contribution in [-0.4, -0.2) is 37.1 Å². The minimum Gasteiger partial charge on any atom is -0.322 e. The van der Waals surface area contributed by atoms with Crippen LogP contribution in [0.25, 0.3) is 0 Å². The molecule has 1 aliphatic heterocycles. The quantitative estimate of drug-likeness (QED) is 0.836. The number of benzene rings is 1. The van der Waals surface area contributed by atoms with Gasteiger partial charge in [0.15, 0.2) is 0 Å². The van der Waals surface area contributed by atoms with Gasteiger partial charge in [0, 0.05) is 30.7 Å². The summed E-state index contributed by atoms with van der Waals surface area (Å²) in [7, 11) is 0. The largest absolute Gasteiger partial charge is 0.322 e. The van der Waals surface area contributed by atoms with E-state index in [0.717, 1.165) is 30.7 Å². The minimum atomic E-state index is -0.101. The normalized spacial score (nSPS) is 15.8. The van der Waals surface area contributed by atoms with Crippen molar-refractivity contribution in [3.63, 3.8) is 0 Å². The van der Waals surface area contributed by atoms with E-state index in [1.807, 2.05) is 6.07 Å². The summed E-state index contributed by atoms with van der Waals surface area (Å²) in [5, 5.41) is 6.54. The van der Waals surface area contributed by atoms with E-state index >= 15 is 0 Å². The Kier molecular flexibility index (Phi) is 4.25. The van der Waals surface area contributed by atoms with Gasteiger partial charge < -0.3 is 15.5 Å². The molecule has 1 aromatic rings. The van der Waals surface area contributed by atoms with Gasteiger partial charge in [0.25, 0.3) is 0 Å². The molecule has 1 fully saturated rings. The van der Waals surface area contributed by atoms with E-state index in [4.69, 9.17) is 11.6 Å². The number of nitrogens with zero attached hydrogens (tertiary/aromatic N) is 1. The van der Waals surface area contributed by atoms with Gasteiger partial charge in [0.1, 0.15) is 0 Å². The number of hydrogen-bond donors (Lipinski definition) is 2. The molecule has 2 rings (SSSR count). The first-order valence-corrected chi connectivity index (χ1v) is 6.55. The van der Waals surface area contributed by atoms with Crippen LogP contribution in [-0.2, 0) is 0 Å². The number of rotatable bonds is 1. The summed E-state index contributed by atoms with van der Waals surface area (Å²) in [4.78, 5) is 13.7. The third-order valence-corrected chi connectivity index (χ3v) is 3.38. The second-order valence-electron chi connectivity index (χ2n) is 3.79. The van der Waals surface area contributed by atoms with E-state index in [2.05, 4.69) is 26.6 Å². The van der Waals surface area contributed by atoms with Gasteiger partial charge in [-0.2, -0.15) is 0 Å². The third kappa shape index (κ3) is 3.34. The van der Waals surface area contributed by atoms with E-state index < -0.39 is 0 Å². The van der Waals surface area contributed by atoms with Gasteiger partial charge >= 0.3 is 6.03 Å². The van der Waals surface area contributed by atoms with Crippen LogP contribution in [0.2, 0.25) is 5.02 Å². The summed E-state index contributed by atoms with van der Waals surface area (Å²) in [5.41, 5.74) is 0.637. The number of carbonyl (C=O) groups is 1. The number of carbonyl (C=O) groups excluding carboxylic acids is 1. The Hall–Kier alpha value is -0.780. The molecule has 0 spiro atoms. The molecule has 2 amide bonds. The third-order valence-electron chi connectivity index (χ3n) is 2.58. The fourth-order valence-electron chi connectivity index (χ4n) is 1.65. The molecule has 0 saturated carbocycles. The molecule has 6 heteroatoms. The number of urea groups is 1. The Bertz CT molecular complexity index is 421. The molecule has 0 atom stereocenters. The highest BCUT2D eigenvalue weighted by Gasteiger charge is 2.16. The zero-order chi connectivity index (χ0) is 12.3. The lowest BCUT2D eigenvalue weighted by molar-refractivity contribution is 0.204. The Morgan fingerprint density at radius 2 is 2.12 bits per heavy atom. The van der Waals surface area contributed by atoms with Crippen molar-refractivity contribution < 1.29 is 4.79 Å². The highest BCUT2D eigenvalue weighted by Crippen LogP contribution is 2.25. The molecule has 1 aliphatic rings. The van der Waals surface area contributed by atoms with Crippen molar-refractivity contribution in [2.75, 3.05) is 31.5 Å². The van der Waals surface area contributed by atoms with Crippen LogP contribution in [0.4, 0.5) is 10.5 Å². The molecular formula is C11H13BrClN3O. The number of hydrogen-bond acceptors (Lipinski definition) is 2. The van der Waals surface area contributed by atoms with Crippen molar-refractivity contribution in [2.24, 2.45) is 0 Å². The molecule has 1 heterocycles. The highest BCUT2D eigenvalue weighted by molar-refractivity contribution is 9.10. The lowest BCUT2D eigenvalue weighted by Gasteiger charge is -2.27. The van der Waals surface area contributed by atoms with Crippen LogP contribution >= 0.6 is 27.5 Å². The highest BCUT2D eigenvalue weighted by atomic mass is 79.9. The maximum Gasteiger partial charge on any atom is 0.321 e. The first kappa shape index (κ1) is 12.7. The second kappa shape index (κ2) is 5.71. The number of anilines is 1. The lowest BCUT2D eigenvalue weighted by Crippen LogP contribution is -2.48. The molecule has 0 bridgehead atoms. The molecule has 2 N–H and O–H groups in total. The maximum absolute atomic E-state index is 11.9. The van der Waals surface area contributed by atoms with Gasteiger partial charge in [-0.05, 0) is 18.2 Å². The van der Waals surface area contributed by atoms with Crippen molar-refractivity contribution in [2.45, 2.75) is 0 Å². The molecule has 0 aromatic heterocycles. The Morgan fingerprint density at radius 3 is 2.76 bits per heavy atom. The SMILES string of the molecule is O=C(Nc1ccc(Br)cc1Cl)N1CCNCC1. The van der Waals surface area contributed by atoms with Crippen molar-refractivity contribution in [3.05, 3.63) is 27.7 Å². The monoisotopic (exact) mass is 317 g/mol. The molecule has 1 saturated heterocycles. The number of amides is 2. The average Bonchev–Trinajstić information content (AvgIpc) is 2.34. The maximum atomic E-state index is 11.9. The van der Waals surface area contributed by atoms with Crippen LogP contribution in [0.15, 0.2) is 22.7 Å². The molecular weight excluding hydrogens is 305 g/mol. The van der Waals surface area contributed by atoms with Gasteiger partial charge in [0.2, 0.25) is 0 Å². The fourth-order valence-corrected chi connectivity index (χ4v) is 2.37. The molecule has 1 aromatic carbocycles. The Balaban J connectivity index is 2.02. The summed E-state index contributed by atoms with van der Waals surface area (Å²) in [6, 6.07) is 5.29. The van der Waals surface area contributed by atoms with E-state index in [9.17, 15) is 4.79 Å². The predicted octanol–water partition coefficient (Wildman–Crippen LogP) is 2.54. The van der Waals surface area contributed by atoms with E-state index in [0.29, 0.717) is 10.7 Å². The first-order chi connectivity index (χ1) is 8.16. The summed E-state index contributed by atoms with van der Waals surface area (Å²) >= 11 is 9.36. The van der Waals surface area contributed by atoms with Crippen molar-refractivity contribution in [1.82, 2.24) is 10.2 Å². The minimum absolute atomic E-state index is 0.101. The molecule has 4 nitrogen and oxygen atoms in total. The average molecular weight is 319 g/mol. The van der Waals surface area contributed by atoms with Gasteiger partial charge in [-0.25, -0.2) is 4.79 Å². The van der Waals surface area contributed by atoms with Gasteiger partial charge in [-0.15, -0.1) is 0 Å². The molecule has 17 heavy (non-hydrogen) atoms. The Morgan fingerprint density at radius 1 is 1.41 bits per heavy atom. The number of halogens is 2. The van der Waals surface area contributed by atoms with Crippen LogP contribution in [0, 0.1) is 0 Å². The lowest BCUT2D eigenvalue weighted by atomic mass is 10.3. The second-order valence-corrected chi connectivity index (χ2v) is 5.11. The summed E-state index contributed by atoms with van der Waals surface area (Å²) in [5.74, 6) is 0. The standard InChI is InChI=1S/C11H13BrClN3O/c12-8-1-2-10(9(13)7-8)15-11(17)16-5-3-14-4-6-16/h1-2,7,14H,3-6H2,(H,15,17). The summed E-state index contributed by atoms with van der Waals surface area (Å²) < 4.78 is 0.891. The molecule has 0 unspecified atom stereocenters. The fraction of sp³-hybridized carbons (Fsp3) is 0.364.